The molecule has 10 unspecified atom stereocenters. The highest BCUT2D eigenvalue weighted by atomic mass is 32.2. The van der Waals surface area contributed by atoms with E-state index in [9.17, 15) is 71.5 Å². The van der Waals surface area contributed by atoms with Crippen LogP contribution < -0.4 is 10.6 Å². The standard InChI is InChI=1S/C46H84N2O22S5/c49-17-26-31(53)34(56)38(60)42(68-26)73-13-4-9-63-22-46(23-64-10-5-14-74-43-39(61)35(57)32(54)27(18-50)69-43,24-65-11-6-15-75-44-40(62)36(58)33(55)28(19-51)70-44)21-48-45(71)47-8-16-72-20-29-25-7-2-1-3-12-66-41(67-29)37(59)30(25)52/h25-44,49-62H,1-24H2,(H2,47,48,71)/t25?,26?,27?,28?,29?,30?,31-,32-,33-,34?,35?,36?,37?,38+,39+,40+,41+,42-,43-,44-,46?/m0/s1. The molecule has 2 bridgehead atoms. The van der Waals surface area contributed by atoms with Crippen molar-refractivity contribution in [2.75, 3.05) is 108 Å². The highest BCUT2D eigenvalue weighted by Crippen LogP contribution is 2.35. The molecule has 6 fully saturated rings. The van der Waals surface area contributed by atoms with Crippen LogP contribution in [-0.2, 0) is 37.9 Å². The molecule has 75 heavy (non-hydrogen) atoms. The number of ether oxygens (including phenoxy) is 8. The summed E-state index contributed by atoms with van der Waals surface area (Å²) >= 11 is 11.0. The molecule has 20 atom stereocenters. The van der Waals surface area contributed by atoms with Crippen molar-refractivity contribution in [3.8, 4) is 0 Å². The van der Waals surface area contributed by atoms with Gasteiger partial charge in [0.1, 0.15) is 95.7 Å². The number of rotatable bonds is 31. The summed E-state index contributed by atoms with van der Waals surface area (Å²) in [5, 5.41) is 150. The topological polar surface area (TPSA) is 381 Å². The lowest BCUT2D eigenvalue weighted by Crippen LogP contribution is -2.57. The smallest absolute Gasteiger partial charge is 0.186 e. The Bertz CT molecular complexity index is 1460. The molecule has 16 N–H and O–H groups in total. The zero-order chi connectivity index (χ0) is 54.5. The van der Waals surface area contributed by atoms with Crippen LogP contribution in [0.1, 0.15) is 44.9 Å². The lowest BCUT2D eigenvalue weighted by Gasteiger charge is -2.43. The molecule has 29 heteroatoms. The number of hydrogen-bond acceptors (Lipinski definition) is 27. The number of hydrogen-bond donors (Lipinski definition) is 16. The summed E-state index contributed by atoms with van der Waals surface area (Å²) in [6.45, 7) is 0.581. The van der Waals surface area contributed by atoms with Gasteiger partial charge in [0.15, 0.2) is 11.4 Å². The summed E-state index contributed by atoms with van der Waals surface area (Å²) in [7, 11) is 0. The number of fused-ring (bicyclic) bond motifs is 7. The Kier molecular flexibility index (Phi) is 30.5. The number of aliphatic hydroxyl groups is 14. The molecule has 0 spiro atoms. The first-order valence-electron chi connectivity index (χ1n) is 25.8. The van der Waals surface area contributed by atoms with Gasteiger partial charge in [0.05, 0.1) is 57.3 Å². The molecule has 0 aliphatic carbocycles. The second-order valence-corrected chi connectivity index (χ2v) is 24.7. The van der Waals surface area contributed by atoms with E-state index in [0.29, 0.717) is 66.3 Å². The van der Waals surface area contributed by atoms with Gasteiger partial charge in [-0.25, -0.2) is 0 Å². The molecular weight excluding hydrogens is 1090 g/mol. The lowest BCUT2D eigenvalue weighted by molar-refractivity contribution is -0.284. The predicted octanol–water partition coefficient (Wildman–Crippen LogP) is -4.36. The highest BCUT2D eigenvalue weighted by Gasteiger charge is 2.47. The van der Waals surface area contributed by atoms with Gasteiger partial charge in [-0.3, -0.25) is 0 Å². The molecule has 6 aliphatic rings. The van der Waals surface area contributed by atoms with E-state index in [-0.39, 0.29) is 58.2 Å². The number of nitrogens with one attached hydrogen (secondary N) is 2. The van der Waals surface area contributed by atoms with Gasteiger partial charge >= 0.3 is 0 Å². The molecule has 0 aromatic rings. The van der Waals surface area contributed by atoms with E-state index < -0.39 is 133 Å². The van der Waals surface area contributed by atoms with E-state index in [1.807, 2.05) is 0 Å². The van der Waals surface area contributed by atoms with Crippen molar-refractivity contribution in [2.24, 2.45) is 11.3 Å². The van der Waals surface area contributed by atoms with Crippen molar-refractivity contribution in [1.82, 2.24) is 10.6 Å². The van der Waals surface area contributed by atoms with Crippen molar-refractivity contribution in [3.05, 3.63) is 0 Å². The Balaban J connectivity index is 1.18. The van der Waals surface area contributed by atoms with Crippen LogP contribution in [0.15, 0.2) is 0 Å². The largest absolute Gasteiger partial charge is 0.394 e. The maximum absolute atomic E-state index is 10.9. The Labute approximate surface area is 460 Å². The van der Waals surface area contributed by atoms with Gasteiger partial charge in [-0.2, -0.15) is 11.8 Å². The summed E-state index contributed by atoms with van der Waals surface area (Å²) in [5.74, 6) is 2.28. The molecule has 0 saturated carbocycles. The summed E-state index contributed by atoms with van der Waals surface area (Å²) in [6.07, 6.45) is -14.4. The van der Waals surface area contributed by atoms with Gasteiger partial charge in [0.25, 0.3) is 0 Å². The third-order valence-electron chi connectivity index (χ3n) is 13.7. The van der Waals surface area contributed by atoms with Crippen LogP contribution in [0.25, 0.3) is 0 Å². The fraction of sp³-hybridized carbons (Fsp3) is 0.978. The number of thiocarbonyl (C=S) groups is 1. The first kappa shape index (κ1) is 66.0. The Morgan fingerprint density at radius 2 is 0.960 bits per heavy atom. The van der Waals surface area contributed by atoms with Gasteiger partial charge in [-0.05, 0) is 61.6 Å². The van der Waals surface area contributed by atoms with Crippen LogP contribution in [0.3, 0.4) is 0 Å². The van der Waals surface area contributed by atoms with Crippen LogP contribution in [-0.4, -0.2) is 299 Å². The summed E-state index contributed by atoms with van der Waals surface area (Å²) in [6, 6.07) is 0. The predicted molar refractivity (Wildman–Crippen MR) is 282 cm³/mol. The van der Waals surface area contributed by atoms with Gasteiger partial charge < -0.3 is 120 Å². The van der Waals surface area contributed by atoms with E-state index in [1.54, 1.807) is 11.8 Å². The molecule has 6 heterocycles. The molecule has 6 rings (SSSR count). The minimum atomic E-state index is -1.49. The van der Waals surface area contributed by atoms with Crippen molar-refractivity contribution in [2.45, 2.75) is 159 Å². The minimum Gasteiger partial charge on any atom is -0.394 e. The van der Waals surface area contributed by atoms with E-state index in [4.69, 9.17) is 50.1 Å². The first-order valence-corrected chi connectivity index (χ1v) is 30.5. The first-order chi connectivity index (χ1) is 36.1. The van der Waals surface area contributed by atoms with Gasteiger partial charge in [0, 0.05) is 56.9 Å². The lowest BCUT2D eigenvalue weighted by atomic mass is 9.85. The average molecular weight is 1180 g/mol. The number of thioether (sulfide) groups is 4. The fourth-order valence-corrected chi connectivity index (χ4v) is 13.5. The van der Waals surface area contributed by atoms with E-state index in [0.717, 1.165) is 25.7 Å². The van der Waals surface area contributed by atoms with E-state index in [2.05, 4.69) is 10.6 Å². The molecule has 0 aromatic carbocycles. The molecule has 6 aliphatic heterocycles. The molecular formula is C46H84N2O22S5. The summed E-state index contributed by atoms with van der Waals surface area (Å²) in [5.41, 5.74) is -3.57. The normalized spacial score (nSPS) is 38.5. The van der Waals surface area contributed by atoms with Crippen LogP contribution in [0.5, 0.6) is 0 Å². The minimum absolute atomic E-state index is 0.107. The molecule has 0 aromatic heterocycles. The third-order valence-corrected chi connectivity index (χ3v) is 18.7. The summed E-state index contributed by atoms with van der Waals surface area (Å²) < 4.78 is 47.7. The van der Waals surface area contributed by atoms with Crippen LogP contribution in [0.4, 0.5) is 0 Å². The maximum atomic E-state index is 10.9. The third kappa shape index (κ3) is 20.0. The number of aliphatic hydroxyl groups excluding tert-OH is 14. The van der Waals surface area contributed by atoms with Crippen LogP contribution in [0, 0.1) is 11.3 Å². The second-order valence-electron chi connectivity index (χ2n) is 19.5. The van der Waals surface area contributed by atoms with Crippen molar-refractivity contribution in [1.29, 1.82) is 0 Å². The van der Waals surface area contributed by atoms with Crippen molar-refractivity contribution >= 4 is 64.4 Å². The molecule has 440 valence electrons. The van der Waals surface area contributed by atoms with Crippen molar-refractivity contribution in [3.63, 3.8) is 0 Å². The molecule has 24 nitrogen and oxygen atoms in total. The molecule has 6 saturated heterocycles. The van der Waals surface area contributed by atoms with Crippen LogP contribution in [0.2, 0.25) is 0 Å². The zero-order valence-electron chi connectivity index (χ0n) is 42.1. The van der Waals surface area contributed by atoms with Gasteiger partial charge in [0.2, 0.25) is 0 Å². The van der Waals surface area contributed by atoms with Crippen molar-refractivity contribution < 1.29 is 109 Å². The Hall–Kier alpha value is 0.210. The second kappa shape index (κ2) is 34.6. The van der Waals surface area contributed by atoms with E-state index in [1.165, 1.54) is 35.3 Å². The summed E-state index contributed by atoms with van der Waals surface area (Å²) in [4.78, 5) is 0. The van der Waals surface area contributed by atoms with Gasteiger partial charge in [-0.1, -0.05) is 12.8 Å². The maximum Gasteiger partial charge on any atom is 0.186 e. The van der Waals surface area contributed by atoms with Gasteiger partial charge in [-0.15, -0.1) is 35.3 Å². The SMILES string of the molecule is OCC1O[C@@H](SCCCOCC(CNC(=S)NCCSCC2O[C@H]3OCCCCCC2C(O)C3O)(COCCCS[C@@H]2OC(CO)[C@H](O)C(O)[C@H]2O)COCCCS[C@@H]2OC(CO)[C@H](O)C(O)[C@H]2O)[C@H](O)C(O)[C@H]1O. The van der Waals surface area contributed by atoms with Crippen LogP contribution >= 0.6 is 59.3 Å². The Morgan fingerprint density at radius 3 is 1.40 bits per heavy atom. The average Bonchev–Trinajstić information content (AvgIpc) is 3.41. The quantitative estimate of drug-likeness (QED) is 0.0230. The Morgan fingerprint density at radius 1 is 0.507 bits per heavy atom. The molecule has 0 radical (unpaired) electrons. The zero-order valence-corrected chi connectivity index (χ0v) is 46.2. The monoisotopic (exact) mass is 1180 g/mol. The highest BCUT2D eigenvalue weighted by molar-refractivity contribution is 8.00. The molecule has 0 amide bonds. The fourth-order valence-electron chi connectivity index (χ4n) is 9.11. The van der Waals surface area contributed by atoms with E-state index >= 15 is 0 Å².